The topological polar surface area (TPSA) is 84.8 Å². The van der Waals surface area contributed by atoms with E-state index in [2.05, 4.69) is 10.1 Å². The number of carbonyl (C=O) groups excluding carboxylic acids is 2. The number of thiazole rings is 1. The lowest BCUT2D eigenvalue weighted by Crippen LogP contribution is -2.21. The lowest BCUT2D eigenvalue weighted by molar-refractivity contribution is -0.116. The van der Waals surface area contributed by atoms with Gasteiger partial charge in [-0.25, -0.2) is 4.98 Å². The second kappa shape index (κ2) is 6.78. The molecule has 0 saturated heterocycles. The van der Waals surface area contributed by atoms with E-state index >= 15 is 0 Å². The average Bonchev–Trinajstić information content (AvgIpc) is 3.12. The molecule has 0 bridgehead atoms. The molecule has 0 amide bonds. The molecule has 0 aliphatic carbocycles. The Labute approximate surface area is 152 Å². The molecule has 128 valence electrons. The standard InChI is InChI=1S/C17H14ClN3O3S/c1-9(22)7-14(23)15-10(2)20-21(16(15)24)17-19-13(8-25-17)11-3-5-12(18)6-4-11/h3-6,8,20H,7H2,1-2H3. The number of Topliss-reactive ketones (excluding diaryl/α,β-unsaturated/α-hetero) is 2. The van der Waals surface area contributed by atoms with Gasteiger partial charge >= 0.3 is 0 Å². The molecule has 0 aliphatic heterocycles. The van der Waals surface area contributed by atoms with Crippen LogP contribution < -0.4 is 5.56 Å². The zero-order valence-electron chi connectivity index (χ0n) is 13.5. The number of aromatic amines is 1. The highest BCUT2D eigenvalue weighted by molar-refractivity contribution is 7.12. The van der Waals surface area contributed by atoms with Gasteiger partial charge < -0.3 is 0 Å². The molecule has 0 aliphatic rings. The van der Waals surface area contributed by atoms with Crippen molar-refractivity contribution in [2.75, 3.05) is 0 Å². The molecule has 1 aromatic carbocycles. The molecular weight excluding hydrogens is 362 g/mol. The normalized spacial score (nSPS) is 10.8. The van der Waals surface area contributed by atoms with Crippen LogP contribution in [-0.4, -0.2) is 26.3 Å². The SMILES string of the molecule is CC(=O)CC(=O)c1c(C)[nH]n(-c2nc(-c3ccc(Cl)cc3)cs2)c1=O. The Hall–Kier alpha value is -2.51. The number of carbonyl (C=O) groups is 2. The molecule has 0 spiro atoms. The number of hydrogen-bond donors (Lipinski definition) is 1. The minimum Gasteiger partial charge on any atom is -0.300 e. The number of nitrogens with one attached hydrogen (secondary N) is 1. The number of benzene rings is 1. The van der Waals surface area contributed by atoms with Crippen molar-refractivity contribution >= 4 is 34.5 Å². The fraction of sp³-hybridized carbons (Fsp3) is 0.176. The van der Waals surface area contributed by atoms with E-state index in [1.165, 1.54) is 22.9 Å². The van der Waals surface area contributed by atoms with Gasteiger partial charge in [-0.1, -0.05) is 23.7 Å². The molecule has 1 N–H and O–H groups in total. The Balaban J connectivity index is 1.98. The van der Waals surface area contributed by atoms with Crippen LogP contribution in [0.4, 0.5) is 0 Å². The number of nitrogens with zero attached hydrogens (tertiary/aromatic N) is 2. The van der Waals surface area contributed by atoms with Crippen LogP contribution >= 0.6 is 22.9 Å². The summed E-state index contributed by atoms with van der Waals surface area (Å²) >= 11 is 7.16. The quantitative estimate of drug-likeness (QED) is 0.547. The largest absolute Gasteiger partial charge is 0.300 e. The van der Waals surface area contributed by atoms with Crippen molar-refractivity contribution in [3.63, 3.8) is 0 Å². The first-order chi connectivity index (χ1) is 11.9. The fourth-order valence-electron chi connectivity index (χ4n) is 2.44. The second-order valence-electron chi connectivity index (χ2n) is 5.58. The van der Waals surface area contributed by atoms with Crippen molar-refractivity contribution in [1.29, 1.82) is 0 Å². The summed E-state index contributed by atoms with van der Waals surface area (Å²) in [6, 6.07) is 7.20. The molecule has 8 heteroatoms. The molecule has 0 fully saturated rings. The molecular formula is C17H14ClN3O3S. The molecule has 2 heterocycles. The molecule has 2 aromatic heterocycles. The first-order valence-corrected chi connectivity index (χ1v) is 8.68. The van der Waals surface area contributed by atoms with Crippen molar-refractivity contribution in [3.8, 4) is 16.4 Å². The fourth-order valence-corrected chi connectivity index (χ4v) is 3.36. The third kappa shape index (κ3) is 3.47. The number of rotatable bonds is 5. The summed E-state index contributed by atoms with van der Waals surface area (Å²) < 4.78 is 1.23. The van der Waals surface area contributed by atoms with Gasteiger partial charge in [-0.3, -0.25) is 19.5 Å². The van der Waals surface area contributed by atoms with Gasteiger partial charge in [-0.15, -0.1) is 11.3 Å². The molecule has 3 rings (SSSR count). The summed E-state index contributed by atoms with van der Waals surface area (Å²) in [6.07, 6.45) is -0.290. The number of hydrogen-bond acceptors (Lipinski definition) is 5. The number of ketones is 2. The highest BCUT2D eigenvalue weighted by Gasteiger charge is 2.21. The minimum atomic E-state index is -0.499. The maximum absolute atomic E-state index is 12.6. The van der Waals surface area contributed by atoms with Crippen LogP contribution in [0.15, 0.2) is 34.4 Å². The highest BCUT2D eigenvalue weighted by Crippen LogP contribution is 2.25. The second-order valence-corrected chi connectivity index (χ2v) is 6.85. The maximum atomic E-state index is 12.6. The summed E-state index contributed by atoms with van der Waals surface area (Å²) in [5.41, 5.74) is 1.49. The Morgan fingerprint density at radius 3 is 2.60 bits per heavy atom. The van der Waals surface area contributed by atoms with Gasteiger partial charge in [0, 0.05) is 21.7 Å². The smallest absolute Gasteiger partial charge is 0.284 e. The van der Waals surface area contributed by atoms with Crippen LogP contribution in [0.5, 0.6) is 0 Å². The molecule has 0 saturated carbocycles. The zero-order chi connectivity index (χ0) is 18.1. The van der Waals surface area contributed by atoms with Gasteiger partial charge in [0.2, 0.25) is 5.13 Å². The predicted octanol–water partition coefficient (Wildman–Crippen LogP) is 3.41. The summed E-state index contributed by atoms with van der Waals surface area (Å²) in [4.78, 5) is 40.3. The van der Waals surface area contributed by atoms with Gasteiger partial charge in [-0.2, -0.15) is 4.68 Å². The Morgan fingerprint density at radius 2 is 1.96 bits per heavy atom. The van der Waals surface area contributed by atoms with Crippen molar-refractivity contribution in [2.45, 2.75) is 20.3 Å². The number of aryl methyl sites for hydroxylation is 1. The summed E-state index contributed by atoms with van der Waals surface area (Å²) in [6.45, 7) is 2.94. The van der Waals surface area contributed by atoms with E-state index in [-0.39, 0.29) is 17.8 Å². The van der Waals surface area contributed by atoms with Gasteiger partial charge in [0.15, 0.2) is 5.78 Å². The first kappa shape index (κ1) is 17.3. The van der Waals surface area contributed by atoms with Crippen molar-refractivity contribution in [3.05, 3.63) is 56.3 Å². The third-order valence-electron chi connectivity index (χ3n) is 3.58. The lowest BCUT2D eigenvalue weighted by Gasteiger charge is -1.97. The van der Waals surface area contributed by atoms with E-state index < -0.39 is 11.3 Å². The Kier molecular flexibility index (Phi) is 4.69. The zero-order valence-corrected chi connectivity index (χ0v) is 15.1. The lowest BCUT2D eigenvalue weighted by atomic mass is 10.1. The Bertz CT molecular complexity index is 1010. The Morgan fingerprint density at radius 1 is 1.28 bits per heavy atom. The molecule has 6 nitrogen and oxygen atoms in total. The first-order valence-electron chi connectivity index (χ1n) is 7.43. The van der Waals surface area contributed by atoms with Gasteiger partial charge in [-0.05, 0) is 26.0 Å². The molecule has 0 atom stereocenters. The molecule has 25 heavy (non-hydrogen) atoms. The van der Waals surface area contributed by atoms with E-state index in [0.717, 1.165) is 5.56 Å². The summed E-state index contributed by atoms with van der Waals surface area (Å²) in [5.74, 6) is -0.768. The summed E-state index contributed by atoms with van der Waals surface area (Å²) in [7, 11) is 0. The number of halogens is 1. The van der Waals surface area contributed by atoms with E-state index in [9.17, 15) is 14.4 Å². The van der Waals surface area contributed by atoms with Crippen LogP contribution in [0.3, 0.4) is 0 Å². The van der Waals surface area contributed by atoms with Gasteiger partial charge in [0.1, 0.15) is 11.3 Å². The van der Waals surface area contributed by atoms with Crippen LogP contribution in [-0.2, 0) is 4.79 Å². The predicted molar refractivity (Wildman–Crippen MR) is 96.9 cm³/mol. The van der Waals surface area contributed by atoms with E-state index in [0.29, 0.717) is 21.5 Å². The third-order valence-corrected chi connectivity index (χ3v) is 4.66. The van der Waals surface area contributed by atoms with E-state index in [1.807, 2.05) is 17.5 Å². The van der Waals surface area contributed by atoms with Gasteiger partial charge in [0.05, 0.1) is 12.1 Å². The van der Waals surface area contributed by atoms with Crippen LogP contribution in [0, 0.1) is 6.92 Å². The summed E-state index contributed by atoms with van der Waals surface area (Å²) in [5, 5.41) is 5.72. The molecule has 0 radical (unpaired) electrons. The molecule has 3 aromatic rings. The number of aromatic nitrogens is 3. The van der Waals surface area contributed by atoms with Crippen LogP contribution in [0.25, 0.3) is 16.4 Å². The van der Waals surface area contributed by atoms with E-state index in [1.54, 1.807) is 19.1 Å². The monoisotopic (exact) mass is 375 g/mol. The van der Waals surface area contributed by atoms with E-state index in [4.69, 9.17) is 11.6 Å². The van der Waals surface area contributed by atoms with Crippen molar-refractivity contribution < 1.29 is 9.59 Å². The number of H-pyrrole nitrogens is 1. The van der Waals surface area contributed by atoms with Gasteiger partial charge in [0.25, 0.3) is 5.56 Å². The molecule has 0 unspecified atom stereocenters. The average molecular weight is 376 g/mol. The minimum absolute atomic E-state index is 0.00144. The van der Waals surface area contributed by atoms with Crippen LogP contribution in [0.1, 0.15) is 29.4 Å². The van der Waals surface area contributed by atoms with Crippen molar-refractivity contribution in [1.82, 2.24) is 14.8 Å². The van der Waals surface area contributed by atoms with Crippen LogP contribution in [0.2, 0.25) is 5.02 Å². The highest BCUT2D eigenvalue weighted by atomic mass is 35.5. The maximum Gasteiger partial charge on any atom is 0.284 e. The van der Waals surface area contributed by atoms with Crippen molar-refractivity contribution in [2.24, 2.45) is 0 Å².